The number of aromatic amines is 1. The molecule has 1 aromatic carbocycles. The van der Waals surface area contributed by atoms with Gasteiger partial charge in [0.05, 0.1) is 22.3 Å². The van der Waals surface area contributed by atoms with Crippen molar-refractivity contribution in [1.29, 1.82) is 0 Å². The fourth-order valence-corrected chi connectivity index (χ4v) is 3.04. The van der Waals surface area contributed by atoms with Crippen molar-refractivity contribution < 1.29 is 4.74 Å². The van der Waals surface area contributed by atoms with Crippen LogP contribution in [0.4, 0.5) is 0 Å². The fraction of sp³-hybridized carbons (Fsp3) is 0.500. The van der Waals surface area contributed by atoms with E-state index in [4.69, 9.17) is 27.9 Å². The number of H-pyrrole nitrogens is 1. The third-order valence-electron chi connectivity index (χ3n) is 3.74. The van der Waals surface area contributed by atoms with Crippen LogP contribution in [0.5, 0.6) is 5.75 Å². The first-order chi connectivity index (χ1) is 11.9. The van der Waals surface area contributed by atoms with Gasteiger partial charge in [0.15, 0.2) is 5.75 Å². The van der Waals surface area contributed by atoms with Gasteiger partial charge in [-0.2, -0.15) is 5.10 Å². The lowest BCUT2D eigenvalue weighted by molar-refractivity contribution is 0.271. The van der Waals surface area contributed by atoms with Crippen LogP contribution in [0, 0.1) is 5.92 Å². The van der Waals surface area contributed by atoms with Crippen LogP contribution in [0.15, 0.2) is 18.3 Å². The van der Waals surface area contributed by atoms with E-state index in [1.54, 1.807) is 0 Å². The smallest absolute Gasteiger partial charge is 0.156 e. The Hall–Kier alpha value is -1.27. The second-order valence-corrected chi connectivity index (χ2v) is 7.39. The van der Waals surface area contributed by atoms with E-state index in [1.165, 1.54) is 0 Å². The van der Waals surface area contributed by atoms with E-state index in [9.17, 15) is 0 Å². The minimum Gasteiger partial charge on any atom is -0.490 e. The number of halogens is 2. The Morgan fingerprint density at radius 1 is 1.28 bits per heavy atom. The number of ether oxygens (including phenoxy) is 1. The van der Waals surface area contributed by atoms with Gasteiger partial charge in [-0.05, 0) is 32.1 Å². The number of likely N-dealkylation sites (N-methyl/N-ethyl adjacent to an activating group) is 2. The van der Waals surface area contributed by atoms with Crippen molar-refractivity contribution in [2.45, 2.75) is 20.4 Å². The van der Waals surface area contributed by atoms with Crippen LogP contribution >= 0.6 is 23.2 Å². The molecule has 0 aliphatic heterocycles. The van der Waals surface area contributed by atoms with Crippen molar-refractivity contribution in [3.63, 3.8) is 0 Å². The molecule has 2 rings (SSSR count). The van der Waals surface area contributed by atoms with E-state index < -0.39 is 0 Å². The Balaban J connectivity index is 2.21. The molecule has 2 aromatic rings. The molecule has 0 aliphatic rings. The lowest BCUT2D eigenvalue weighted by Gasteiger charge is -2.17. The van der Waals surface area contributed by atoms with E-state index >= 15 is 0 Å². The summed E-state index contributed by atoms with van der Waals surface area (Å²) in [5.74, 6) is 0.932. The summed E-state index contributed by atoms with van der Waals surface area (Å²) in [5, 5.41) is 11.5. The largest absolute Gasteiger partial charge is 0.490 e. The Labute approximate surface area is 159 Å². The van der Waals surface area contributed by atoms with Gasteiger partial charge in [-0.1, -0.05) is 37.0 Å². The molecule has 25 heavy (non-hydrogen) atoms. The molecule has 0 atom stereocenters. The molecule has 0 saturated carbocycles. The zero-order valence-corrected chi connectivity index (χ0v) is 16.7. The molecule has 7 heteroatoms. The van der Waals surface area contributed by atoms with Gasteiger partial charge >= 0.3 is 0 Å². The predicted octanol–water partition coefficient (Wildman–Crippen LogP) is 4.07. The zero-order chi connectivity index (χ0) is 18.4. The topological polar surface area (TPSA) is 53.2 Å². The molecule has 0 saturated heterocycles. The molecule has 0 unspecified atom stereocenters. The molecule has 0 spiro atoms. The second kappa shape index (κ2) is 9.43. The summed E-state index contributed by atoms with van der Waals surface area (Å²) >= 11 is 12.8. The van der Waals surface area contributed by atoms with Crippen molar-refractivity contribution >= 4 is 23.2 Å². The van der Waals surface area contributed by atoms with Crippen molar-refractivity contribution in [3.05, 3.63) is 33.9 Å². The number of aromatic nitrogens is 2. The molecule has 2 N–H and O–H groups in total. The number of benzene rings is 1. The van der Waals surface area contributed by atoms with Crippen molar-refractivity contribution in [1.82, 2.24) is 20.4 Å². The molecule has 138 valence electrons. The first-order valence-corrected chi connectivity index (χ1v) is 9.16. The second-order valence-electron chi connectivity index (χ2n) is 6.57. The molecule has 0 aliphatic carbocycles. The average Bonchev–Trinajstić information content (AvgIpc) is 2.99. The number of nitrogens with zero attached hydrogens (tertiary/aromatic N) is 2. The van der Waals surface area contributed by atoms with Gasteiger partial charge in [-0.15, -0.1) is 0 Å². The van der Waals surface area contributed by atoms with Crippen LogP contribution in [-0.2, 0) is 6.54 Å². The summed E-state index contributed by atoms with van der Waals surface area (Å²) < 4.78 is 5.73. The van der Waals surface area contributed by atoms with Gasteiger partial charge in [-0.3, -0.25) is 5.10 Å². The van der Waals surface area contributed by atoms with Crippen molar-refractivity contribution in [2.75, 3.05) is 33.8 Å². The summed E-state index contributed by atoms with van der Waals surface area (Å²) in [6, 6.07) is 3.72. The highest BCUT2D eigenvalue weighted by Crippen LogP contribution is 2.38. The molecular formula is C18H26Cl2N4O. The van der Waals surface area contributed by atoms with Crippen LogP contribution in [-0.4, -0.2) is 48.9 Å². The standard InChI is InChI=1S/C18H26Cl2N4O/c1-12(2)11-25-18-15(19)7-13(8-16(18)20)17-14(9-22-23-17)10-24(4)6-5-21-3/h7-9,12,21H,5-6,10-11H2,1-4H3,(H,22,23). The lowest BCUT2D eigenvalue weighted by Crippen LogP contribution is -2.26. The highest BCUT2D eigenvalue weighted by Gasteiger charge is 2.16. The third kappa shape index (κ3) is 5.61. The lowest BCUT2D eigenvalue weighted by atomic mass is 10.1. The number of hydrogen-bond donors (Lipinski definition) is 2. The van der Waals surface area contributed by atoms with Crippen LogP contribution < -0.4 is 10.1 Å². The maximum Gasteiger partial charge on any atom is 0.156 e. The van der Waals surface area contributed by atoms with Crippen molar-refractivity contribution in [2.24, 2.45) is 5.92 Å². The number of rotatable bonds is 9. The van der Waals surface area contributed by atoms with Crippen LogP contribution in [0.25, 0.3) is 11.3 Å². The fourth-order valence-electron chi connectivity index (χ4n) is 2.44. The Bertz CT molecular complexity index is 664. The van der Waals surface area contributed by atoms with Gasteiger partial charge in [0, 0.05) is 37.0 Å². The summed E-state index contributed by atoms with van der Waals surface area (Å²) in [5.41, 5.74) is 2.84. The maximum absolute atomic E-state index is 6.40. The molecule has 0 bridgehead atoms. The molecule has 1 aromatic heterocycles. The van der Waals surface area contributed by atoms with Crippen LogP contribution in [0.3, 0.4) is 0 Å². The van der Waals surface area contributed by atoms with Gasteiger partial charge in [0.2, 0.25) is 0 Å². The van der Waals surface area contributed by atoms with Gasteiger partial charge < -0.3 is 15.0 Å². The molecular weight excluding hydrogens is 359 g/mol. The van der Waals surface area contributed by atoms with E-state index in [-0.39, 0.29) is 0 Å². The van der Waals surface area contributed by atoms with E-state index in [0.717, 1.165) is 36.5 Å². The number of hydrogen-bond acceptors (Lipinski definition) is 4. The number of nitrogens with one attached hydrogen (secondary N) is 2. The minimum absolute atomic E-state index is 0.401. The first-order valence-electron chi connectivity index (χ1n) is 8.40. The molecule has 0 radical (unpaired) electrons. The summed E-state index contributed by atoms with van der Waals surface area (Å²) in [7, 11) is 4.03. The monoisotopic (exact) mass is 384 g/mol. The van der Waals surface area contributed by atoms with Gasteiger partial charge in [0.25, 0.3) is 0 Å². The van der Waals surface area contributed by atoms with E-state index in [1.807, 2.05) is 25.4 Å². The third-order valence-corrected chi connectivity index (χ3v) is 4.30. The molecule has 5 nitrogen and oxygen atoms in total. The SMILES string of the molecule is CNCCN(C)Cc1c[nH]nc1-c1cc(Cl)c(OCC(C)C)c(Cl)c1. The first kappa shape index (κ1) is 20.0. The predicted molar refractivity (Wildman–Crippen MR) is 105 cm³/mol. The quantitative estimate of drug-likeness (QED) is 0.683. The normalized spacial score (nSPS) is 11.5. The summed E-state index contributed by atoms with van der Waals surface area (Å²) in [6.45, 7) is 7.40. The Morgan fingerprint density at radius 3 is 2.56 bits per heavy atom. The molecule has 0 amide bonds. The summed E-state index contributed by atoms with van der Waals surface area (Å²) in [6.07, 6.45) is 1.91. The average molecular weight is 385 g/mol. The minimum atomic E-state index is 0.401. The summed E-state index contributed by atoms with van der Waals surface area (Å²) in [4.78, 5) is 2.23. The Kier molecular flexibility index (Phi) is 7.56. The van der Waals surface area contributed by atoms with Gasteiger partial charge in [-0.25, -0.2) is 0 Å². The highest BCUT2D eigenvalue weighted by atomic mass is 35.5. The maximum atomic E-state index is 6.40. The Morgan fingerprint density at radius 2 is 1.96 bits per heavy atom. The van der Waals surface area contributed by atoms with Crippen molar-refractivity contribution in [3.8, 4) is 17.0 Å². The highest BCUT2D eigenvalue weighted by molar-refractivity contribution is 6.37. The molecule has 0 fully saturated rings. The van der Waals surface area contributed by atoms with Gasteiger partial charge in [0.1, 0.15) is 0 Å². The van der Waals surface area contributed by atoms with E-state index in [2.05, 4.69) is 41.3 Å². The zero-order valence-electron chi connectivity index (χ0n) is 15.2. The molecule has 1 heterocycles. The van der Waals surface area contributed by atoms with E-state index in [0.29, 0.717) is 28.3 Å². The van der Waals surface area contributed by atoms with Crippen LogP contribution in [0.2, 0.25) is 10.0 Å². The van der Waals surface area contributed by atoms with Crippen LogP contribution in [0.1, 0.15) is 19.4 Å².